The third-order valence-electron chi connectivity index (χ3n) is 2.85. The largest absolute Gasteiger partial charge is 0.465 e. The molecular formula is C11H12ClN3O3. The van der Waals surface area contributed by atoms with Crippen LogP contribution in [0.25, 0.3) is 0 Å². The third-order valence-corrected chi connectivity index (χ3v) is 3.05. The van der Waals surface area contributed by atoms with Crippen LogP contribution in [0.3, 0.4) is 0 Å². The van der Waals surface area contributed by atoms with Gasteiger partial charge < -0.3 is 15.3 Å². The number of anilines is 1. The van der Waals surface area contributed by atoms with Gasteiger partial charge in [0.15, 0.2) is 6.29 Å². The summed E-state index contributed by atoms with van der Waals surface area (Å²) < 4.78 is 0. The summed E-state index contributed by atoms with van der Waals surface area (Å²) in [5.41, 5.74) is 0.996. The first-order chi connectivity index (χ1) is 8.60. The lowest BCUT2D eigenvalue weighted by Crippen LogP contribution is -2.30. The van der Waals surface area contributed by atoms with Gasteiger partial charge in [-0.2, -0.15) is 0 Å². The summed E-state index contributed by atoms with van der Waals surface area (Å²) in [6, 6.07) is 1.55. The second kappa shape index (κ2) is 5.22. The molecule has 0 unspecified atom stereocenters. The van der Waals surface area contributed by atoms with Gasteiger partial charge in [0.1, 0.15) is 5.15 Å². The van der Waals surface area contributed by atoms with E-state index in [9.17, 15) is 9.59 Å². The number of hydrogen-bond donors (Lipinski definition) is 2. The van der Waals surface area contributed by atoms with Crippen molar-refractivity contribution in [2.24, 2.45) is 0 Å². The zero-order chi connectivity index (χ0) is 13.1. The van der Waals surface area contributed by atoms with Gasteiger partial charge in [-0.15, -0.1) is 0 Å². The Bertz CT molecular complexity index is 481. The van der Waals surface area contributed by atoms with E-state index in [0.717, 1.165) is 0 Å². The average molecular weight is 270 g/mol. The summed E-state index contributed by atoms with van der Waals surface area (Å²) in [6.45, 7) is 0.885. The van der Waals surface area contributed by atoms with Gasteiger partial charge in [-0.05, 0) is 12.5 Å². The summed E-state index contributed by atoms with van der Waals surface area (Å²) in [4.78, 5) is 26.8. The first-order valence-electron chi connectivity index (χ1n) is 5.45. The van der Waals surface area contributed by atoms with Crippen molar-refractivity contribution in [1.82, 2.24) is 9.88 Å². The molecule has 6 nitrogen and oxygen atoms in total. The molecule has 1 fully saturated rings. The molecule has 1 aromatic rings. The van der Waals surface area contributed by atoms with E-state index >= 15 is 0 Å². The highest BCUT2D eigenvalue weighted by Gasteiger charge is 2.26. The SMILES string of the molecule is O=Cc1cnc(Cl)cc1N[C@H]1CCN(C(=O)O)C1. The number of rotatable bonds is 3. The Hall–Kier alpha value is -1.82. The average Bonchev–Trinajstić information content (AvgIpc) is 2.78. The van der Waals surface area contributed by atoms with Gasteiger partial charge >= 0.3 is 6.09 Å². The molecule has 0 aliphatic carbocycles. The molecule has 1 aromatic heterocycles. The van der Waals surface area contributed by atoms with Crippen LogP contribution in [0, 0.1) is 0 Å². The normalized spacial score (nSPS) is 18.7. The van der Waals surface area contributed by atoms with E-state index in [1.54, 1.807) is 6.07 Å². The maximum atomic E-state index is 10.9. The Morgan fingerprint density at radius 3 is 3.06 bits per heavy atom. The summed E-state index contributed by atoms with van der Waals surface area (Å²) in [7, 11) is 0. The number of hydrogen-bond acceptors (Lipinski definition) is 4. The van der Waals surface area contributed by atoms with E-state index in [1.165, 1.54) is 11.1 Å². The van der Waals surface area contributed by atoms with E-state index in [1.807, 2.05) is 0 Å². The molecule has 1 aliphatic rings. The second-order valence-corrected chi connectivity index (χ2v) is 4.46. The fourth-order valence-electron chi connectivity index (χ4n) is 1.93. The van der Waals surface area contributed by atoms with Crippen molar-refractivity contribution >= 4 is 29.7 Å². The summed E-state index contributed by atoms with van der Waals surface area (Å²) in [5, 5.41) is 12.3. The molecule has 1 amide bonds. The number of nitrogens with zero attached hydrogens (tertiary/aromatic N) is 2. The minimum Gasteiger partial charge on any atom is -0.465 e. The van der Waals surface area contributed by atoms with Gasteiger partial charge in [-0.3, -0.25) is 4.79 Å². The molecular weight excluding hydrogens is 258 g/mol. The number of carbonyl (C=O) groups excluding carboxylic acids is 1. The van der Waals surface area contributed by atoms with E-state index in [2.05, 4.69) is 10.3 Å². The van der Waals surface area contributed by atoms with Gasteiger partial charge in [0.25, 0.3) is 0 Å². The Labute approximate surface area is 109 Å². The molecule has 2 N–H and O–H groups in total. The molecule has 1 aliphatic heterocycles. The van der Waals surface area contributed by atoms with Crippen LogP contribution in [0.15, 0.2) is 12.3 Å². The molecule has 0 spiro atoms. The van der Waals surface area contributed by atoms with E-state index in [4.69, 9.17) is 16.7 Å². The third kappa shape index (κ3) is 2.70. The number of halogens is 1. The number of nitrogens with one attached hydrogen (secondary N) is 1. The molecule has 7 heteroatoms. The number of carboxylic acid groups (broad SMARTS) is 1. The van der Waals surface area contributed by atoms with Gasteiger partial charge in [-0.25, -0.2) is 9.78 Å². The van der Waals surface area contributed by atoms with Crippen LogP contribution in [0.4, 0.5) is 10.5 Å². The van der Waals surface area contributed by atoms with Gasteiger partial charge in [0, 0.05) is 31.0 Å². The molecule has 0 aromatic carbocycles. The van der Waals surface area contributed by atoms with Crippen LogP contribution < -0.4 is 5.32 Å². The fourth-order valence-corrected chi connectivity index (χ4v) is 2.09. The smallest absolute Gasteiger partial charge is 0.407 e. The standard InChI is InChI=1S/C11H12ClN3O3/c12-10-3-9(7(6-16)4-13-10)14-8-1-2-15(5-8)11(17)18/h3-4,6,8H,1-2,5H2,(H,13,14)(H,17,18)/t8-/m0/s1. The van der Waals surface area contributed by atoms with Crippen LogP contribution >= 0.6 is 11.6 Å². The van der Waals surface area contributed by atoms with Crippen LogP contribution in [0.1, 0.15) is 16.8 Å². The highest BCUT2D eigenvalue weighted by atomic mass is 35.5. The first-order valence-corrected chi connectivity index (χ1v) is 5.83. The Balaban J connectivity index is 2.08. The number of amides is 1. The Morgan fingerprint density at radius 1 is 1.67 bits per heavy atom. The predicted molar refractivity (Wildman–Crippen MR) is 66.3 cm³/mol. The molecule has 0 bridgehead atoms. The molecule has 0 radical (unpaired) electrons. The molecule has 1 saturated heterocycles. The Morgan fingerprint density at radius 2 is 2.44 bits per heavy atom. The number of likely N-dealkylation sites (tertiary alicyclic amines) is 1. The minimum absolute atomic E-state index is 0.0155. The van der Waals surface area contributed by atoms with Crippen molar-refractivity contribution in [2.45, 2.75) is 12.5 Å². The zero-order valence-corrected chi connectivity index (χ0v) is 10.2. The topological polar surface area (TPSA) is 82.5 Å². The van der Waals surface area contributed by atoms with Crippen molar-refractivity contribution in [3.05, 3.63) is 23.0 Å². The van der Waals surface area contributed by atoms with Crippen molar-refractivity contribution < 1.29 is 14.7 Å². The summed E-state index contributed by atoms with van der Waals surface area (Å²) in [6.07, 6.45) is 1.85. The summed E-state index contributed by atoms with van der Waals surface area (Å²) in [5.74, 6) is 0. The van der Waals surface area contributed by atoms with E-state index in [-0.39, 0.29) is 11.2 Å². The monoisotopic (exact) mass is 269 g/mol. The van der Waals surface area contributed by atoms with Crippen LogP contribution in [0.5, 0.6) is 0 Å². The maximum Gasteiger partial charge on any atom is 0.407 e. The second-order valence-electron chi connectivity index (χ2n) is 4.07. The van der Waals surface area contributed by atoms with E-state index in [0.29, 0.717) is 37.0 Å². The molecule has 96 valence electrons. The maximum absolute atomic E-state index is 10.9. The number of aldehydes is 1. The van der Waals surface area contributed by atoms with Gasteiger partial charge in [-0.1, -0.05) is 11.6 Å². The minimum atomic E-state index is -0.928. The quantitative estimate of drug-likeness (QED) is 0.645. The van der Waals surface area contributed by atoms with Crippen molar-refractivity contribution in [3.8, 4) is 0 Å². The van der Waals surface area contributed by atoms with Gasteiger partial charge in [0.2, 0.25) is 0 Å². The number of pyridine rings is 1. The molecule has 0 saturated carbocycles. The van der Waals surface area contributed by atoms with Crippen LogP contribution in [-0.2, 0) is 0 Å². The Kier molecular flexibility index (Phi) is 3.66. The zero-order valence-electron chi connectivity index (χ0n) is 9.47. The predicted octanol–water partition coefficient (Wildman–Crippen LogP) is 1.71. The fraction of sp³-hybridized carbons (Fsp3) is 0.364. The van der Waals surface area contributed by atoms with Crippen LogP contribution in [-0.4, -0.2) is 46.5 Å². The van der Waals surface area contributed by atoms with Gasteiger partial charge in [0.05, 0.1) is 5.56 Å². The first kappa shape index (κ1) is 12.6. The number of aromatic nitrogens is 1. The lowest BCUT2D eigenvalue weighted by molar-refractivity contribution is 0.112. The lowest BCUT2D eigenvalue weighted by atomic mass is 10.2. The molecule has 2 rings (SSSR count). The summed E-state index contributed by atoms with van der Waals surface area (Å²) >= 11 is 5.77. The van der Waals surface area contributed by atoms with Crippen molar-refractivity contribution in [1.29, 1.82) is 0 Å². The van der Waals surface area contributed by atoms with Crippen molar-refractivity contribution in [2.75, 3.05) is 18.4 Å². The van der Waals surface area contributed by atoms with E-state index < -0.39 is 6.09 Å². The molecule has 18 heavy (non-hydrogen) atoms. The highest BCUT2D eigenvalue weighted by Crippen LogP contribution is 2.21. The highest BCUT2D eigenvalue weighted by molar-refractivity contribution is 6.29. The number of carbonyl (C=O) groups is 2. The molecule has 1 atom stereocenters. The lowest BCUT2D eigenvalue weighted by Gasteiger charge is -2.16. The molecule has 2 heterocycles. The van der Waals surface area contributed by atoms with Crippen molar-refractivity contribution in [3.63, 3.8) is 0 Å². The van der Waals surface area contributed by atoms with Crippen LogP contribution in [0.2, 0.25) is 5.15 Å².